The number of amides is 1. The van der Waals surface area contributed by atoms with Crippen molar-refractivity contribution < 1.29 is 18.7 Å². The molecule has 0 saturated heterocycles. The smallest absolute Gasteiger partial charge is 0.427 e. The van der Waals surface area contributed by atoms with Crippen LogP contribution in [0.15, 0.2) is 41.5 Å². The molecule has 0 heterocycles. The third kappa shape index (κ3) is 4.84. The molecule has 0 radical (unpaired) electrons. The summed E-state index contributed by atoms with van der Waals surface area (Å²) >= 11 is 12.1. The highest BCUT2D eigenvalue weighted by Gasteiger charge is 2.11. The van der Waals surface area contributed by atoms with E-state index in [1.165, 1.54) is 25.5 Å². The molecule has 2 rings (SSSR count). The summed E-state index contributed by atoms with van der Waals surface area (Å²) in [5.41, 5.74) is 2.93. The van der Waals surface area contributed by atoms with Crippen molar-refractivity contribution in [1.29, 1.82) is 0 Å². The molecule has 1 N–H and O–H groups in total. The van der Waals surface area contributed by atoms with Crippen molar-refractivity contribution in [2.24, 2.45) is 5.10 Å². The van der Waals surface area contributed by atoms with Gasteiger partial charge < -0.3 is 9.47 Å². The molecule has 0 unspecified atom stereocenters. The molecule has 0 bridgehead atoms. The lowest BCUT2D eigenvalue weighted by Crippen LogP contribution is -2.16. The molecule has 0 aliphatic heterocycles. The van der Waals surface area contributed by atoms with Crippen LogP contribution >= 0.6 is 23.2 Å². The minimum atomic E-state index is -0.729. The van der Waals surface area contributed by atoms with Gasteiger partial charge in [-0.1, -0.05) is 41.4 Å². The fraction of sp³-hybridized carbons (Fsp3) is 0.125. The van der Waals surface area contributed by atoms with E-state index in [1.807, 2.05) is 0 Å². The Bertz CT molecular complexity index is 769. The topological polar surface area (TPSA) is 59.9 Å². The van der Waals surface area contributed by atoms with Crippen LogP contribution in [0.4, 0.5) is 9.18 Å². The van der Waals surface area contributed by atoms with Gasteiger partial charge in [0.15, 0.2) is 0 Å². The molecule has 2 aromatic rings. The Morgan fingerprint density at radius 3 is 2.79 bits per heavy atom. The van der Waals surface area contributed by atoms with Crippen LogP contribution in [0.2, 0.25) is 10.0 Å². The summed E-state index contributed by atoms with van der Waals surface area (Å²) in [6.45, 7) is -0.0285. The first-order chi connectivity index (χ1) is 11.5. The molecular formula is C16H13Cl2FN2O3. The van der Waals surface area contributed by atoms with E-state index in [0.717, 1.165) is 0 Å². The fourth-order valence-electron chi connectivity index (χ4n) is 1.79. The van der Waals surface area contributed by atoms with Crippen molar-refractivity contribution in [2.45, 2.75) is 6.61 Å². The molecule has 0 saturated carbocycles. The van der Waals surface area contributed by atoms with Crippen LogP contribution in [0.3, 0.4) is 0 Å². The second kappa shape index (κ2) is 8.52. The Kier molecular flexibility index (Phi) is 6.40. The molecule has 2 aromatic carbocycles. The van der Waals surface area contributed by atoms with Gasteiger partial charge in [0.05, 0.1) is 18.3 Å². The molecule has 0 atom stereocenters. The van der Waals surface area contributed by atoms with E-state index >= 15 is 0 Å². The van der Waals surface area contributed by atoms with E-state index in [0.29, 0.717) is 16.1 Å². The zero-order valence-corrected chi connectivity index (χ0v) is 14.1. The molecule has 126 valence electrons. The summed E-state index contributed by atoms with van der Waals surface area (Å²) in [5.74, 6) is -0.120. The largest absolute Gasteiger partial charge is 0.487 e. The number of rotatable bonds is 5. The monoisotopic (exact) mass is 370 g/mol. The predicted molar refractivity (Wildman–Crippen MR) is 90.3 cm³/mol. The first-order valence-electron chi connectivity index (χ1n) is 6.73. The number of ether oxygens (including phenoxy) is 2. The Labute approximate surface area is 148 Å². The summed E-state index contributed by atoms with van der Waals surface area (Å²) in [6, 6.07) is 9.27. The van der Waals surface area contributed by atoms with Gasteiger partial charge in [-0.15, -0.1) is 0 Å². The van der Waals surface area contributed by atoms with Crippen LogP contribution in [-0.4, -0.2) is 19.4 Å². The highest BCUT2D eigenvalue weighted by atomic mass is 35.5. The van der Waals surface area contributed by atoms with Crippen LogP contribution in [0, 0.1) is 5.82 Å². The van der Waals surface area contributed by atoms with E-state index in [4.69, 9.17) is 27.9 Å². The first-order valence-corrected chi connectivity index (χ1v) is 7.49. The second-order valence-electron chi connectivity index (χ2n) is 4.55. The lowest BCUT2D eigenvalue weighted by atomic mass is 10.2. The maximum Gasteiger partial charge on any atom is 0.427 e. The first kappa shape index (κ1) is 18.0. The van der Waals surface area contributed by atoms with Crippen molar-refractivity contribution in [3.63, 3.8) is 0 Å². The Morgan fingerprint density at radius 1 is 1.33 bits per heavy atom. The number of carbonyl (C=O) groups excluding carboxylic acids is 1. The number of methoxy groups -OCH3 is 1. The predicted octanol–water partition coefficient (Wildman–Crippen LogP) is 4.40. The lowest BCUT2D eigenvalue weighted by Gasteiger charge is -2.12. The van der Waals surface area contributed by atoms with Gasteiger partial charge in [0, 0.05) is 16.1 Å². The molecule has 0 aliphatic rings. The van der Waals surface area contributed by atoms with Crippen molar-refractivity contribution in [2.75, 3.05) is 7.11 Å². The molecule has 1 amide bonds. The summed E-state index contributed by atoms with van der Waals surface area (Å²) < 4.78 is 23.7. The van der Waals surface area contributed by atoms with Gasteiger partial charge in [-0.2, -0.15) is 5.10 Å². The van der Waals surface area contributed by atoms with Gasteiger partial charge in [0.2, 0.25) is 0 Å². The minimum absolute atomic E-state index is 0.0285. The number of hydrogen-bond donors (Lipinski definition) is 1. The second-order valence-corrected chi connectivity index (χ2v) is 5.39. The standard InChI is InChI=1S/C16H13Cl2FN2O3/c1-23-16(22)21-20-8-11-6-12(17)7-13(18)15(11)24-9-10-4-2-3-5-14(10)19/h2-8H,9H2,1H3,(H,21,22)/b20-8+. The summed E-state index contributed by atoms with van der Waals surface area (Å²) in [7, 11) is 1.21. The van der Waals surface area contributed by atoms with Crippen LogP contribution in [0.1, 0.15) is 11.1 Å². The third-order valence-corrected chi connectivity index (χ3v) is 3.41. The zero-order chi connectivity index (χ0) is 17.5. The highest BCUT2D eigenvalue weighted by Crippen LogP contribution is 2.32. The number of hydrazone groups is 1. The van der Waals surface area contributed by atoms with Crippen molar-refractivity contribution in [3.05, 3.63) is 63.4 Å². The van der Waals surface area contributed by atoms with Crippen LogP contribution in [0.25, 0.3) is 0 Å². The zero-order valence-electron chi connectivity index (χ0n) is 12.6. The number of hydrogen-bond acceptors (Lipinski definition) is 4. The van der Waals surface area contributed by atoms with E-state index in [2.05, 4.69) is 15.3 Å². The highest BCUT2D eigenvalue weighted by molar-refractivity contribution is 6.36. The van der Waals surface area contributed by atoms with Crippen LogP contribution in [0.5, 0.6) is 5.75 Å². The van der Waals surface area contributed by atoms with E-state index in [1.54, 1.807) is 24.3 Å². The average molecular weight is 371 g/mol. The maximum atomic E-state index is 13.7. The minimum Gasteiger partial charge on any atom is -0.487 e. The normalized spacial score (nSPS) is 10.7. The van der Waals surface area contributed by atoms with Gasteiger partial charge in [0.1, 0.15) is 18.2 Å². The summed E-state index contributed by atoms with van der Waals surface area (Å²) in [4.78, 5) is 11.0. The van der Waals surface area contributed by atoms with Gasteiger partial charge in [-0.25, -0.2) is 14.6 Å². The summed E-state index contributed by atoms with van der Waals surface area (Å²) in [5, 5.41) is 4.30. The Balaban J connectivity index is 2.21. The number of halogens is 3. The number of carbonyl (C=O) groups is 1. The lowest BCUT2D eigenvalue weighted by molar-refractivity contribution is 0.171. The molecule has 5 nitrogen and oxygen atoms in total. The molecule has 0 aromatic heterocycles. The molecular weight excluding hydrogens is 358 g/mol. The van der Waals surface area contributed by atoms with E-state index in [9.17, 15) is 9.18 Å². The SMILES string of the molecule is COC(=O)N/N=C/c1cc(Cl)cc(Cl)c1OCc1ccccc1F. The summed E-state index contributed by atoms with van der Waals surface area (Å²) in [6.07, 6.45) is 0.568. The Morgan fingerprint density at radius 2 is 2.08 bits per heavy atom. The van der Waals surface area contributed by atoms with Gasteiger partial charge in [0.25, 0.3) is 0 Å². The van der Waals surface area contributed by atoms with Gasteiger partial charge in [-0.05, 0) is 18.2 Å². The van der Waals surface area contributed by atoms with E-state index in [-0.39, 0.29) is 23.2 Å². The van der Waals surface area contributed by atoms with Crippen molar-refractivity contribution >= 4 is 35.5 Å². The van der Waals surface area contributed by atoms with Gasteiger partial charge >= 0.3 is 6.09 Å². The van der Waals surface area contributed by atoms with Crippen LogP contribution < -0.4 is 10.2 Å². The fourth-order valence-corrected chi connectivity index (χ4v) is 2.36. The van der Waals surface area contributed by atoms with Gasteiger partial charge in [-0.3, -0.25) is 0 Å². The maximum absolute atomic E-state index is 13.7. The molecule has 0 spiro atoms. The molecule has 24 heavy (non-hydrogen) atoms. The van der Waals surface area contributed by atoms with Crippen molar-refractivity contribution in [3.8, 4) is 5.75 Å². The number of nitrogens with one attached hydrogen (secondary N) is 1. The van der Waals surface area contributed by atoms with Crippen molar-refractivity contribution in [1.82, 2.24) is 5.43 Å². The number of nitrogens with zero attached hydrogens (tertiary/aromatic N) is 1. The average Bonchev–Trinajstić information content (AvgIpc) is 2.55. The molecule has 0 aliphatic carbocycles. The molecule has 0 fully saturated rings. The quantitative estimate of drug-likeness (QED) is 0.626. The third-order valence-electron chi connectivity index (χ3n) is 2.91. The Hall–Kier alpha value is -2.31. The van der Waals surface area contributed by atoms with E-state index < -0.39 is 6.09 Å². The number of benzene rings is 2. The van der Waals surface area contributed by atoms with Crippen LogP contribution in [-0.2, 0) is 11.3 Å². The molecule has 8 heteroatoms.